The van der Waals surface area contributed by atoms with Crippen molar-refractivity contribution in [3.05, 3.63) is 23.5 Å². The number of nitrogens with zero attached hydrogens (tertiary/aromatic N) is 2. The van der Waals surface area contributed by atoms with E-state index in [2.05, 4.69) is 34.3 Å². The van der Waals surface area contributed by atoms with Crippen molar-refractivity contribution in [3.8, 4) is 0 Å². The molecule has 1 aliphatic rings. The fourth-order valence-electron chi connectivity index (χ4n) is 2.62. The lowest BCUT2D eigenvalue weighted by atomic mass is 10.2. The van der Waals surface area contributed by atoms with Crippen molar-refractivity contribution in [2.45, 2.75) is 32.9 Å². The molecule has 8 nitrogen and oxygen atoms in total. The van der Waals surface area contributed by atoms with Crippen molar-refractivity contribution < 1.29 is 24.5 Å². The molecule has 1 fully saturated rings. The molecule has 0 aliphatic carbocycles. The van der Waals surface area contributed by atoms with Gasteiger partial charge in [-0.1, -0.05) is 6.92 Å². The molecule has 0 amide bonds. The molecule has 3 N–H and O–H groups in total. The molecule has 1 aromatic heterocycles. The topological polar surface area (TPSA) is 112 Å². The minimum atomic E-state index is -0.250. The predicted molar refractivity (Wildman–Crippen MR) is 91.4 cm³/mol. The number of pyridine rings is 1. The zero-order chi connectivity index (χ0) is 18.5. The summed E-state index contributed by atoms with van der Waals surface area (Å²) in [6.07, 6.45) is 0.263. The van der Waals surface area contributed by atoms with E-state index in [9.17, 15) is 0 Å². The number of methoxy groups -OCH3 is 1. The third kappa shape index (κ3) is 7.89. The van der Waals surface area contributed by atoms with E-state index in [0.29, 0.717) is 6.04 Å². The summed E-state index contributed by atoms with van der Waals surface area (Å²) in [7, 11) is 1.79. The van der Waals surface area contributed by atoms with Gasteiger partial charge < -0.3 is 20.3 Å². The molecular weight excluding hydrogens is 314 g/mol. The summed E-state index contributed by atoms with van der Waals surface area (Å²) in [4.78, 5) is 23.5. The Labute approximate surface area is 142 Å². The van der Waals surface area contributed by atoms with E-state index in [4.69, 9.17) is 24.5 Å². The van der Waals surface area contributed by atoms with Crippen LogP contribution >= 0.6 is 0 Å². The minimum Gasteiger partial charge on any atom is -0.483 e. The number of nitrogens with one attached hydrogen (secondary N) is 1. The second kappa shape index (κ2) is 12.3. The van der Waals surface area contributed by atoms with Gasteiger partial charge in [0.2, 0.25) is 0 Å². The number of likely N-dealkylation sites (N-methyl/N-ethyl adjacent to an activating group) is 1. The summed E-state index contributed by atoms with van der Waals surface area (Å²) < 4.78 is 5.57. The highest BCUT2D eigenvalue weighted by Crippen LogP contribution is 2.19. The highest BCUT2D eigenvalue weighted by molar-refractivity contribution is 5.46. The SMILES string of the molecule is CCN1C[C@H](Nc2cc(C)nc(C)c2)[C@@H](OC)C1.O=CO.O=CO. The molecule has 136 valence electrons. The smallest absolute Gasteiger partial charge is 0.290 e. The number of carboxylic acid groups (broad SMARTS) is 2. The lowest BCUT2D eigenvalue weighted by Crippen LogP contribution is -2.33. The molecule has 0 aromatic carbocycles. The van der Waals surface area contributed by atoms with Crippen LogP contribution in [0.5, 0.6) is 0 Å². The van der Waals surface area contributed by atoms with E-state index >= 15 is 0 Å². The maximum Gasteiger partial charge on any atom is 0.290 e. The largest absolute Gasteiger partial charge is 0.483 e. The van der Waals surface area contributed by atoms with Crippen molar-refractivity contribution in [2.75, 3.05) is 32.1 Å². The second-order valence-electron chi connectivity index (χ2n) is 5.23. The number of carbonyl (C=O) groups is 2. The zero-order valence-corrected chi connectivity index (χ0v) is 14.6. The Kier molecular flexibility index (Phi) is 11.1. The first-order chi connectivity index (χ1) is 11.4. The van der Waals surface area contributed by atoms with Crippen molar-refractivity contribution in [3.63, 3.8) is 0 Å². The van der Waals surface area contributed by atoms with E-state index in [0.717, 1.165) is 36.7 Å². The van der Waals surface area contributed by atoms with Gasteiger partial charge in [-0.2, -0.15) is 0 Å². The fourth-order valence-corrected chi connectivity index (χ4v) is 2.62. The summed E-state index contributed by atoms with van der Waals surface area (Å²) in [5.74, 6) is 0. The first kappa shape index (κ1) is 21.8. The summed E-state index contributed by atoms with van der Waals surface area (Å²) in [5, 5.41) is 17.4. The van der Waals surface area contributed by atoms with Gasteiger partial charge in [0.1, 0.15) is 0 Å². The van der Waals surface area contributed by atoms with E-state index in [1.165, 1.54) is 0 Å². The Balaban J connectivity index is 0.000000772. The molecule has 0 unspecified atom stereocenters. The Morgan fingerprint density at radius 3 is 2.17 bits per heavy atom. The van der Waals surface area contributed by atoms with Crippen LogP contribution in [0.4, 0.5) is 5.69 Å². The lowest BCUT2D eigenvalue weighted by Gasteiger charge is -2.20. The molecule has 24 heavy (non-hydrogen) atoms. The fraction of sp³-hybridized carbons (Fsp3) is 0.562. The average molecular weight is 341 g/mol. The van der Waals surface area contributed by atoms with Gasteiger partial charge in [-0.25, -0.2) is 0 Å². The quantitative estimate of drug-likeness (QED) is 0.701. The van der Waals surface area contributed by atoms with Gasteiger partial charge in [0.15, 0.2) is 0 Å². The lowest BCUT2D eigenvalue weighted by molar-refractivity contribution is -0.123. The maximum absolute atomic E-state index is 8.36. The van der Waals surface area contributed by atoms with Gasteiger partial charge in [0, 0.05) is 37.3 Å². The van der Waals surface area contributed by atoms with E-state index < -0.39 is 0 Å². The van der Waals surface area contributed by atoms with Crippen molar-refractivity contribution in [1.82, 2.24) is 9.88 Å². The molecule has 2 heterocycles. The molecule has 8 heteroatoms. The molecule has 0 saturated carbocycles. The Morgan fingerprint density at radius 1 is 1.25 bits per heavy atom. The monoisotopic (exact) mass is 341 g/mol. The number of likely N-dealkylation sites (tertiary alicyclic amines) is 1. The molecule has 2 rings (SSSR count). The third-order valence-electron chi connectivity index (χ3n) is 3.53. The van der Waals surface area contributed by atoms with Gasteiger partial charge >= 0.3 is 0 Å². The average Bonchev–Trinajstić information content (AvgIpc) is 2.90. The van der Waals surface area contributed by atoms with Crippen LogP contribution in [0.1, 0.15) is 18.3 Å². The molecular formula is C16H27N3O5. The van der Waals surface area contributed by atoms with E-state index in [1.54, 1.807) is 7.11 Å². The highest BCUT2D eigenvalue weighted by Gasteiger charge is 2.31. The van der Waals surface area contributed by atoms with Crippen LogP contribution in [0.2, 0.25) is 0 Å². The summed E-state index contributed by atoms with van der Waals surface area (Å²) in [6.45, 7) is 8.86. The molecule has 2 atom stereocenters. The van der Waals surface area contributed by atoms with Gasteiger partial charge in [0.25, 0.3) is 12.9 Å². The summed E-state index contributed by atoms with van der Waals surface area (Å²) >= 11 is 0. The Morgan fingerprint density at radius 2 is 1.75 bits per heavy atom. The number of aryl methyl sites for hydroxylation is 2. The Hall–Kier alpha value is -2.19. The maximum atomic E-state index is 8.36. The van der Waals surface area contributed by atoms with E-state index in [-0.39, 0.29) is 19.0 Å². The van der Waals surface area contributed by atoms with E-state index in [1.807, 2.05) is 13.8 Å². The van der Waals surface area contributed by atoms with Gasteiger partial charge in [-0.05, 0) is 32.5 Å². The highest BCUT2D eigenvalue weighted by atomic mass is 16.5. The first-order valence-corrected chi connectivity index (χ1v) is 7.58. The standard InChI is InChI=1S/C14H23N3O.2CH2O2/c1-5-17-8-13(14(9-17)18-4)16-12-6-10(2)15-11(3)7-12;2*2-1-3/h6-7,13-14H,5,8-9H2,1-4H3,(H,15,16);2*1H,(H,2,3)/t13-,14-;;/m0../s1. The predicted octanol–water partition coefficient (Wildman–Crippen LogP) is 1.23. The summed E-state index contributed by atoms with van der Waals surface area (Å²) in [6, 6.07) is 4.54. The third-order valence-corrected chi connectivity index (χ3v) is 3.53. The normalized spacial score (nSPS) is 19.3. The molecule has 1 aliphatic heterocycles. The van der Waals surface area contributed by atoms with Crippen LogP contribution in [-0.4, -0.2) is 71.9 Å². The van der Waals surface area contributed by atoms with Crippen molar-refractivity contribution in [1.29, 1.82) is 0 Å². The van der Waals surface area contributed by atoms with Crippen molar-refractivity contribution in [2.24, 2.45) is 0 Å². The first-order valence-electron chi connectivity index (χ1n) is 7.58. The number of anilines is 1. The zero-order valence-electron chi connectivity index (χ0n) is 14.6. The van der Waals surface area contributed by atoms with Crippen LogP contribution in [0.15, 0.2) is 12.1 Å². The number of hydrogen-bond donors (Lipinski definition) is 3. The van der Waals surface area contributed by atoms with Crippen LogP contribution < -0.4 is 5.32 Å². The van der Waals surface area contributed by atoms with Crippen LogP contribution in [0.3, 0.4) is 0 Å². The number of hydrogen-bond acceptors (Lipinski definition) is 6. The van der Waals surface area contributed by atoms with Crippen LogP contribution in [0, 0.1) is 13.8 Å². The second-order valence-corrected chi connectivity index (χ2v) is 5.23. The summed E-state index contributed by atoms with van der Waals surface area (Å²) in [5.41, 5.74) is 3.25. The number of aromatic nitrogens is 1. The molecule has 0 bridgehead atoms. The molecule has 1 saturated heterocycles. The van der Waals surface area contributed by atoms with Crippen molar-refractivity contribution >= 4 is 18.6 Å². The number of ether oxygens (including phenoxy) is 1. The Bertz CT molecular complexity index is 472. The molecule has 0 spiro atoms. The van der Waals surface area contributed by atoms with Crippen LogP contribution in [-0.2, 0) is 14.3 Å². The van der Waals surface area contributed by atoms with Crippen LogP contribution in [0.25, 0.3) is 0 Å². The van der Waals surface area contributed by atoms with Gasteiger partial charge in [0.05, 0.1) is 12.1 Å². The van der Waals surface area contributed by atoms with Gasteiger partial charge in [-0.15, -0.1) is 0 Å². The number of rotatable bonds is 4. The molecule has 0 radical (unpaired) electrons. The molecule has 1 aromatic rings. The minimum absolute atomic E-state index is 0.250. The van der Waals surface area contributed by atoms with Gasteiger partial charge in [-0.3, -0.25) is 19.5 Å².